The molecule has 1 rings (SSSR count). The van der Waals surface area contributed by atoms with Gasteiger partial charge in [-0.1, -0.05) is 0 Å². The van der Waals surface area contributed by atoms with Crippen molar-refractivity contribution < 1.29 is 9.59 Å². The third-order valence-electron chi connectivity index (χ3n) is 4.39. The molecule has 0 aromatic heterocycles. The Bertz CT molecular complexity index is 456. The van der Waals surface area contributed by atoms with E-state index in [9.17, 15) is 9.59 Å². The van der Waals surface area contributed by atoms with E-state index in [-0.39, 0.29) is 11.8 Å². The van der Waals surface area contributed by atoms with Crippen LogP contribution < -0.4 is 21.3 Å². The van der Waals surface area contributed by atoms with E-state index in [0.717, 1.165) is 38.8 Å². The summed E-state index contributed by atoms with van der Waals surface area (Å²) in [5, 5.41) is 25.8. The molecule has 1 saturated heterocycles. The monoisotopic (exact) mass is 352 g/mol. The maximum absolute atomic E-state index is 12.4. The van der Waals surface area contributed by atoms with Crippen LogP contribution in [-0.4, -0.2) is 62.0 Å². The molecule has 0 bridgehead atoms. The second-order valence-corrected chi connectivity index (χ2v) is 6.62. The van der Waals surface area contributed by atoms with Crippen LogP contribution in [0.25, 0.3) is 0 Å². The molecule has 0 saturated carbocycles. The molecule has 25 heavy (non-hydrogen) atoms. The molecule has 0 radical (unpaired) electrons. The van der Waals surface area contributed by atoms with E-state index in [2.05, 4.69) is 21.3 Å². The summed E-state index contributed by atoms with van der Waals surface area (Å²) in [5.41, 5.74) is -0.833. The Labute approximate surface area is 149 Å². The minimum atomic E-state index is -0.833. The summed E-state index contributed by atoms with van der Waals surface area (Å²) < 4.78 is 0. The Hall–Kier alpha value is -1.80. The fourth-order valence-electron chi connectivity index (χ4n) is 2.85. The SMILES string of the molecule is CC1(CCCCNCC=N)NC(=O)C(CCCCNCC=N)NC1=O. The minimum absolute atomic E-state index is 0.100. The highest BCUT2D eigenvalue weighted by atomic mass is 16.2. The quantitative estimate of drug-likeness (QED) is 0.197. The predicted octanol–water partition coefficient (Wildman–Crippen LogP) is 0.179. The predicted molar refractivity (Wildman–Crippen MR) is 99.5 cm³/mol. The van der Waals surface area contributed by atoms with Crippen molar-refractivity contribution in [1.29, 1.82) is 10.8 Å². The minimum Gasteiger partial charge on any atom is -0.342 e. The lowest BCUT2D eigenvalue weighted by Crippen LogP contribution is -2.68. The van der Waals surface area contributed by atoms with Gasteiger partial charge in [0.25, 0.3) is 0 Å². The van der Waals surface area contributed by atoms with Crippen molar-refractivity contribution in [2.75, 3.05) is 26.2 Å². The molecule has 142 valence electrons. The van der Waals surface area contributed by atoms with Gasteiger partial charge in [0, 0.05) is 25.5 Å². The lowest BCUT2D eigenvalue weighted by Gasteiger charge is -2.37. The highest BCUT2D eigenvalue weighted by Crippen LogP contribution is 2.19. The zero-order chi connectivity index (χ0) is 18.5. The van der Waals surface area contributed by atoms with Crippen LogP contribution in [-0.2, 0) is 9.59 Å². The number of hydrogen-bond acceptors (Lipinski definition) is 6. The standard InChI is InChI=1S/C17H32N6O2/c1-17(7-3-5-11-21-13-9-19)16(25)22-14(15(24)23-17)6-2-4-10-20-12-8-18/h8-9,14,18-21H,2-7,10-13H2,1H3,(H,22,25)(H,23,24). The number of nitrogens with one attached hydrogen (secondary N) is 6. The summed E-state index contributed by atoms with van der Waals surface area (Å²) in [6.07, 6.45) is 7.37. The molecule has 1 aliphatic rings. The average Bonchev–Trinajstić information content (AvgIpc) is 2.58. The molecule has 1 aliphatic heterocycles. The van der Waals surface area contributed by atoms with E-state index < -0.39 is 11.6 Å². The molecular weight excluding hydrogens is 320 g/mol. The Morgan fingerprint density at radius 3 is 2.24 bits per heavy atom. The van der Waals surface area contributed by atoms with Gasteiger partial charge in [-0.15, -0.1) is 0 Å². The fourth-order valence-corrected chi connectivity index (χ4v) is 2.85. The van der Waals surface area contributed by atoms with Gasteiger partial charge in [0.05, 0.1) is 0 Å². The first-order valence-electron chi connectivity index (χ1n) is 9.06. The molecule has 1 heterocycles. The van der Waals surface area contributed by atoms with Crippen molar-refractivity contribution in [3.63, 3.8) is 0 Å². The van der Waals surface area contributed by atoms with Crippen LogP contribution in [0.1, 0.15) is 45.4 Å². The summed E-state index contributed by atoms with van der Waals surface area (Å²) in [4.78, 5) is 24.7. The van der Waals surface area contributed by atoms with E-state index >= 15 is 0 Å². The molecule has 0 aliphatic carbocycles. The third kappa shape index (κ3) is 7.74. The van der Waals surface area contributed by atoms with Crippen molar-refractivity contribution in [3.8, 4) is 0 Å². The van der Waals surface area contributed by atoms with Gasteiger partial charge in [-0.25, -0.2) is 0 Å². The Kier molecular flexibility index (Phi) is 9.94. The number of hydrogen-bond donors (Lipinski definition) is 6. The fraction of sp³-hybridized carbons (Fsp3) is 0.765. The van der Waals surface area contributed by atoms with E-state index in [4.69, 9.17) is 10.8 Å². The highest BCUT2D eigenvalue weighted by molar-refractivity contribution is 5.99. The topological polar surface area (TPSA) is 130 Å². The number of piperazine rings is 1. The number of rotatable bonds is 14. The number of carbonyl (C=O) groups excluding carboxylic acids is 2. The molecule has 8 heteroatoms. The number of amides is 2. The van der Waals surface area contributed by atoms with E-state index in [1.165, 1.54) is 12.4 Å². The lowest BCUT2D eigenvalue weighted by molar-refractivity contribution is -0.141. The second kappa shape index (κ2) is 11.7. The largest absolute Gasteiger partial charge is 0.342 e. The second-order valence-electron chi connectivity index (χ2n) is 6.62. The van der Waals surface area contributed by atoms with Crippen LogP contribution in [0.4, 0.5) is 0 Å². The number of unbranched alkanes of at least 4 members (excludes halogenated alkanes) is 2. The van der Waals surface area contributed by atoms with Crippen LogP contribution in [0.2, 0.25) is 0 Å². The average molecular weight is 352 g/mol. The zero-order valence-electron chi connectivity index (χ0n) is 15.1. The molecule has 8 nitrogen and oxygen atoms in total. The van der Waals surface area contributed by atoms with Gasteiger partial charge in [0.2, 0.25) is 11.8 Å². The zero-order valence-corrected chi connectivity index (χ0v) is 15.1. The highest BCUT2D eigenvalue weighted by Gasteiger charge is 2.41. The van der Waals surface area contributed by atoms with Gasteiger partial charge in [-0.3, -0.25) is 9.59 Å². The van der Waals surface area contributed by atoms with Crippen LogP contribution >= 0.6 is 0 Å². The summed E-state index contributed by atoms with van der Waals surface area (Å²) in [6.45, 7) is 4.52. The first-order chi connectivity index (χ1) is 12.0. The van der Waals surface area contributed by atoms with Crippen LogP contribution in [0.5, 0.6) is 0 Å². The third-order valence-corrected chi connectivity index (χ3v) is 4.39. The maximum atomic E-state index is 12.4. The molecule has 0 aromatic rings. The van der Waals surface area contributed by atoms with E-state index in [0.29, 0.717) is 25.9 Å². The van der Waals surface area contributed by atoms with Crippen molar-refractivity contribution in [2.24, 2.45) is 0 Å². The Balaban J connectivity index is 2.29. The smallest absolute Gasteiger partial charge is 0.246 e. The Morgan fingerprint density at radius 2 is 1.64 bits per heavy atom. The Morgan fingerprint density at radius 1 is 1.04 bits per heavy atom. The van der Waals surface area contributed by atoms with Gasteiger partial charge in [0.1, 0.15) is 11.6 Å². The first kappa shape index (κ1) is 21.2. The summed E-state index contributed by atoms with van der Waals surface area (Å²) in [7, 11) is 0. The maximum Gasteiger partial charge on any atom is 0.246 e. The van der Waals surface area contributed by atoms with Crippen LogP contribution in [0, 0.1) is 10.8 Å². The van der Waals surface area contributed by atoms with Gasteiger partial charge >= 0.3 is 0 Å². The van der Waals surface area contributed by atoms with Crippen LogP contribution in [0.3, 0.4) is 0 Å². The summed E-state index contributed by atoms with van der Waals surface area (Å²) in [6, 6.07) is -0.447. The van der Waals surface area contributed by atoms with Crippen molar-refractivity contribution in [1.82, 2.24) is 21.3 Å². The van der Waals surface area contributed by atoms with Crippen molar-refractivity contribution in [3.05, 3.63) is 0 Å². The molecule has 2 atom stereocenters. The first-order valence-corrected chi connectivity index (χ1v) is 9.06. The van der Waals surface area contributed by atoms with Gasteiger partial charge in [0.15, 0.2) is 0 Å². The van der Waals surface area contributed by atoms with Gasteiger partial charge in [-0.2, -0.15) is 0 Å². The van der Waals surface area contributed by atoms with Crippen LogP contribution in [0.15, 0.2) is 0 Å². The van der Waals surface area contributed by atoms with Crippen molar-refractivity contribution >= 4 is 24.2 Å². The van der Waals surface area contributed by atoms with Gasteiger partial charge < -0.3 is 32.1 Å². The number of carbonyl (C=O) groups is 2. The molecule has 0 aromatic carbocycles. The summed E-state index contributed by atoms with van der Waals surface area (Å²) in [5.74, 6) is -0.206. The van der Waals surface area contributed by atoms with E-state index in [1.54, 1.807) is 6.92 Å². The normalized spacial score (nSPS) is 23.0. The lowest BCUT2D eigenvalue weighted by atomic mass is 9.89. The van der Waals surface area contributed by atoms with Gasteiger partial charge in [-0.05, 0) is 58.5 Å². The molecule has 6 N–H and O–H groups in total. The molecule has 1 fully saturated rings. The molecule has 0 spiro atoms. The van der Waals surface area contributed by atoms with Crippen molar-refractivity contribution in [2.45, 2.75) is 57.0 Å². The molecule has 2 amide bonds. The molecule has 2 unspecified atom stereocenters. The molecular formula is C17H32N6O2. The van der Waals surface area contributed by atoms with E-state index in [1.807, 2.05) is 0 Å². The summed E-state index contributed by atoms with van der Waals surface area (Å²) >= 11 is 0.